The Labute approximate surface area is 186 Å². The number of benzene rings is 2. The zero-order chi connectivity index (χ0) is 23.8. The highest BCUT2D eigenvalue weighted by Gasteiger charge is 2.35. The first-order chi connectivity index (χ1) is 14.9. The van der Waals surface area contributed by atoms with E-state index < -0.39 is 45.8 Å². The van der Waals surface area contributed by atoms with Crippen molar-refractivity contribution >= 4 is 29.3 Å². The SMILES string of the molecule is Cn1c(C(F)(F)F)cc(=O)n(-c2cc(SC(C(=O)O)c3ccccc3)c(Cl)cc2F)c1=O. The number of hydrogen-bond donors (Lipinski definition) is 1. The van der Waals surface area contributed by atoms with Crippen LogP contribution in [-0.4, -0.2) is 20.2 Å². The van der Waals surface area contributed by atoms with Crippen molar-refractivity contribution in [2.45, 2.75) is 16.3 Å². The van der Waals surface area contributed by atoms with Crippen molar-refractivity contribution in [2.75, 3.05) is 0 Å². The molecule has 3 aromatic rings. The maximum absolute atomic E-state index is 14.6. The van der Waals surface area contributed by atoms with Crippen LogP contribution < -0.4 is 11.2 Å². The monoisotopic (exact) mass is 488 g/mol. The van der Waals surface area contributed by atoms with E-state index in [-0.39, 0.29) is 25.1 Å². The molecule has 0 saturated heterocycles. The van der Waals surface area contributed by atoms with Crippen LogP contribution in [0.1, 0.15) is 16.5 Å². The molecule has 1 atom stereocenters. The van der Waals surface area contributed by atoms with E-state index >= 15 is 0 Å². The van der Waals surface area contributed by atoms with E-state index in [0.717, 1.165) is 19.2 Å². The van der Waals surface area contributed by atoms with Crippen LogP contribution in [0.15, 0.2) is 63.0 Å². The van der Waals surface area contributed by atoms with Crippen LogP contribution in [0.5, 0.6) is 0 Å². The first-order valence-electron chi connectivity index (χ1n) is 8.76. The van der Waals surface area contributed by atoms with Gasteiger partial charge in [0, 0.05) is 18.0 Å². The number of rotatable bonds is 5. The molecule has 1 N–H and O–H groups in total. The third-order valence-corrected chi connectivity index (χ3v) is 6.15. The van der Waals surface area contributed by atoms with Gasteiger partial charge in [-0.05, 0) is 17.7 Å². The lowest BCUT2D eigenvalue weighted by molar-refractivity contribution is -0.144. The van der Waals surface area contributed by atoms with Gasteiger partial charge in [0.1, 0.15) is 16.8 Å². The zero-order valence-electron chi connectivity index (χ0n) is 16.1. The molecule has 168 valence electrons. The van der Waals surface area contributed by atoms with Crippen LogP contribution in [0.25, 0.3) is 5.69 Å². The molecule has 0 bridgehead atoms. The van der Waals surface area contributed by atoms with Crippen molar-refractivity contribution in [1.82, 2.24) is 9.13 Å². The smallest absolute Gasteiger partial charge is 0.431 e. The Morgan fingerprint density at radius 1 is 1.12 bits per heavy atom. The number of carboxylic acids is 1. The second-order valence-corrected chi connectivity index (χ2v) is 8.08. The third kappa shape index (κ3) is 4.58. The summed E-state index contributed by atoms with van der Waals surface area (Å²) < 4.78 is 54.2. The maximum Gasteiger partial charge on any atom is 0.431 e. The number of hydrogen-bond acceptors (Lipinski definition) is 4. The summed E-state index contributed by atoms with van der Waals surface area (Å²) in [6, 6.07) is 9.92. The second-order valence-electron chi connectivity index (χ2n) is 6.52. The molecule has 0 fully saturated rings. The second kappa shape index (κ2) is 8.83. The van der Waals surface area contributed by atoms with Crippen molar-refractivity contribution in [1.29, 1.82) is 0 Å². The number of carboxylic acid groups (broad SMARTS) is 1. The summed E-state index contributed by atoms with van der Waals surface area (Å²) in [6.45, 7) is 0. The molecule has 0 spiro atoms. The van der Waals surface area contributed by atoms with Crippen LogP contribution in [0, 0.1) is 5.82 Å². The van der Waals surface area contributed by atoms with Gasteiger partial charge in [-0.25, -0.2) is 13.8 Å². The van der Waals surface area contributed by atoms with Crippen molar-refractivity contribution in [2.24, 2.45) is 7.05 Å². The highest BCUT2D eigenvalue weighted by molar-refractivity contribution is 8.00. The molecule has 0 aliphatic carbocycles. The Bertz CT molecular complexity index is 1310. The zero-order valence-corrected chi connectivity index (χ0v) is 17.6. The highest BCUT2D eigenvalue weighted by atomic mass is 35.5. The van der Waals surface area contributed by atoms with Crippen molar-refractivity contribution in [3.63, 3.8) is 0 Å². The fourth-order valence-corrected chi connectivity index (χ4v) is 4.20. The molecule has 12 heteroatoms. The largest absolute Gasteiger partial charge is 0.480 e. The number of thioether (sulfide) groups is 1. The summed E-state index contributed by atoms with van der Waals surface area (Å²) >= 11 is 6.76. The number of carbonyl (C=O) groups is 1. The number of aliphatic carboxylic acids is 1. The van der Waals surface area contributed by atoms with Gasteiger partial charge in [0.05, 0.1) is 10.7 Å². The summed E-state index contributed by atoms with van der Waals surface area (Å²) in [5, 5.41) is 8.23. The van der Waals surface area contributed by atoms with E-state index in [1.165, 1.54) is 0 Å². The number of nitrogens with zero attached hydrogens (tertiary/aromatic N) is 2. The fraction of sp³-hybridized carbons (Fsp3) is 0.150. The topological polar surface area (TPSA) is 81.3 Å². The van der Waals surface area contributed by atoms with Gasteiger partial charge in [0.25, 0.3) is 5.56 Å². The van der Waals surface area contributed by atoms with E-state index in [1.807, 2.05) is 0 Å². The number of aromatic nitrogens is 2. The maximum atomic E-state index is 14.6. The van der Waals surface area contributed by atoms with Crippen molar-refractivity contribution in [3.8, 4) is 5.69 Å². The highest BCUT2D eigenvalue weighted by Crippen LogP contribution is 2.40. The van der Waals surface area contributed by atoms with E-state index in [4.69, 9.17) is 11.6 Å². The molecule has 0 radical (unpaired) electrons. The first-order valence-corrected chi connectivity index (χ1v) is 10.0. The molecule has 0 aliphatic rings. The fourth-order valence-electron chi connectivity index (χ4n) is 2.92. The lowest BCUT2D eigenvalue weighted by Crippen LogP contribution is -2.41. The third-order valence-electron chi connectivity index (χ3n) is 4.42. The van der Waals surface area contributed by atoms with Crippen molar-refractivity contribution in [3.05, 3.63) is 91.5 Å². The molecule has 0 aliphatic heterocycles. The molecule has 6 nitrogen and oxygen atoms in total. The minimum Gasteiger partial charge on any atom is -0.480 e. The first kappa shape index (κ1) is 23.6. The van der Waals surface area contributed by atoms with Crippen LogP contribution in [-0.2, 0) is 18.0 Å². The summed E-state index contributed by atoms with van der Waals surface area (Å²) in [4.78, 5) is 36.6. The standard InChI is InChI=1S/C20H13ClF4N2O4S/c1-26-15(20(23,24)25)9-16(28)27(19(26)31)13-8-14(11(21)7-12(13)22)32-17(18(29)30)10-5-3-2-4-6-10/h2-9,17H,1H3,(H,29,30). The molecule has 2 aromatic carbocycles. The summed E-state index contributed by atoms with van der Waals surface area (Å²) in [5.41, 5.74) is -4.60. The molecule has 0 saturated carbocycles. The lowest BCUT2D eigenvalue weighted by atomic mass is 10.1. The minimum atomic E-state index is -4.98. The molecule has 32 heavy (non-hydrogen) atoms. The molecule has 0 amide bonds. The van der Waals surface area contributed by atoms with Crippen LogP contribution >= 0.6 is 23.4 Å². The average Bonchev–Trinajstić information content (AvgIpc) is 2.71. The van der Waals surface area contributed by atoms with Crippen LogP contribution in [0.3, 0.4) is 0 Å². The average molecular weight is 489 g/mol. The molecule has 1 unspecified atom stereocenters. The van der Waals surface area contributed by atoms with Gasteiger partial charge in [0.15, 0.2) is 0 Å². The Hall–Kier alpha value is -3.05. The summed E-state index contributed by atoms with van der Waals surface area (Å²) in [5.74, 6) is -2.38. The van der Waals surface area contributed by atoms with E-state index in [0.29, 0.717) is 17.3 Å². The summed E-state index contributed by atoms with van der Waals surface area (Å²) in [7, 11) is 0.792. The van der Waals surface area contributed by atoms with Gasteiger partial charge < -0.3 is 5.11 Å². The predicted molar refractivity (Wildman–Crippen MR) is 110 cm³/mol. The van der Waals surface area contributed by atoms with Crippen molar-refractivity contribution < 1.29 is 27.5 Å². The van der Waals surface area contributed by atoms with Crippen LogP contribution in [0.2, 0.25) is 5.02 Å². The Kier molecular flexibility index (Phi) is 6.51. The predicted octanol–water partition coefficient (Wildman–Crippen LogP) is 4.27. The van der Waals surface area contributed by atoms with E-state index in [2.05, 4.69) is 0 Å². The normalized spacial score (nSPS) is 12.6. The van der Waals surface area contributed by atoms with Gasteiger partial charge in [0.2, 0.25) is 0 Å². The van der Waals surface area contributed by atoms with E-state index in [1.54, 1.807) is 30.3 Å². The quantitative estimate of drug-likeness (QED) is 0.428. The van der Waals surface area contributed by atoms with Gasteiger partial charge >= 0.3 is 17.8 Å². The summed E-state index contributed by atoms with van der Waals surface area (Å²) in [6.07, 6.45) is -4.98. The Morgan fingerprint density at radius 3 is 2.31 bits per heavy atom. The van der Waals surface area contributed by atoms with Gasteiger partial charge in [-0.15, -0.1) is 11.8 Å². The Morgan fingerprint density at radius 2 is 1.75 bits per heavy atom. The molecule has 1 heterocycles. The number of halogens is 5. The molecular formula is C20H13ClF4N2O4S. The minimum absolute atomic E-state index is 0.00757. The molecule has 1 aromatic heterocycles. The van der Waals surface area contributed by atoms with E-state index in [9.17, 15) is 37.1 Å². The molecule has 3 rings (SSSR count). The van der Waals surface area contributed by atoms with Gasteiger partial charge in [-0.2, -0.15) is 13.2 Å². The number of alkyl halides is 3. The van der Waals surface area contributed by atoms with Gasteiger partial charge in [-0.1, -0.05) is 41.9 Å². The Balaban J connectivity index is 2.17. The molecular weight excluding hydrogens is 476 g/mol. The van der Waals surface area contributed by atoms with Crippen LogP contribution in [0.4, 0.5) is 17.6 Å². The van der Waals surface area contributed by atoms with Gasteiger partial charge in [-0.3, -0.25) is 14.2 Å². The lowest BCUT2D eigenvalue weighted by Gasteiger charge is -2.17.